The Balaban J connectivity index is 2.21. The van der Waals surface area contributed by atoms with Crippen LogP contribution >= 0.6 is 15.9 Å². The zero-order valence-electron chi connectivity index (χ0n) is 12.5. The first-order valence-corrected chi connectivity index (χ1v) is 7.95. The van der Waals surface area contributed by atoms with Crippen molar-refractivity contribution in [1.29, 1.82) is 0 Å². The quantitative estimate of drug-likeness (QED) is 0.827. The van der Waals surface area contributed by atoms with Crippen LogP contribution in [0.2, 0.25) is 0 Å². The summed E-state index contributed by atoms with van der Waals surface area (Å²) in [7, 11) is 1.73. The van der Waals surface area contributed by atoms with Gasteiger partial charge in [-0.1, -0.05) is 31.2 Å². The SMILES string of the molecule is CCNC(c1ccc(CCOC)cc1)c1cncc(Br)c1. The number of methoxy groups -OCH3 is 1. The molecule has 0 fully saturated rings. The topological polar surface area (TPSA) is 34.1 Å². The molecule has 3 nitrogen and oxygen atoms in total. The molecule has 1 aromatic heterocycles. The van der Waals surface area contributed by atoms with Crippen molar-refractivity contribution in [2.24, 2.45) is 0 Å². The third-order valence-corrected chi connectivity index (χ3v) is 3.81. The van der Waals surface area contributed by atoms with Gasteiger partial charge in [0.1, 0.15) is 0 Å². The Labute approximate surface area is 134 Å². The number of ether oxygens (including phenoxy) is 1. The highest BCUT2D eigenvalue weighted by molar-refractivity contribution is 9.10. The maximum atomic E-state index is 5.12. The van der Waals surface area contributed by atoms with Crippen LogP contribution in [0.25, 0.3) is 0 Å². The fourth-order valence-electron chi connectivity index (χ4n) is 2.32. The number of hydrogen-bond donors (Lipinski definition) is 1. The summed E-state index contributed by atoms with van der Waals surface area (Å²) < 4.78 is 6.12. The van der Waals surface area contributed by atoms with E-state index in [0.29, 0.717) is 0 Å². The van der Waals surface area contributed by atoms with Crippen molar-refractivity contribution < 1.29 is 4.74 Å². The average molecular weight is 349 g/mol. The van der Waals surface area contributed by atoms with Crippen molar-refractivity contribution in [1.82, 2.24) is 10.3 Å². The van der Waals surface area contributed by atoms with E-state index in [9.17, 15) is 0 Å². The molecule has 4 heteroatoms. The Bertz CT molecular complexity index is 557. The van der Waals surface area contributed by atoms with E-state index in [0.717, 1.165) is 29.6 Å². The maximum Gasteiger partial charge on any atom is 0.0592 e. The molecule has 1 N–H and O–H groups in total. The second-order valence-electron chi connectivity index (χ2n) is 4.91. The lowest BCUT2D eigenvalue weighted by Crippen LogP contribution is -2.22. The second kappa shape index (κ2) is 8.27. The van der Waals surface area contributed by atoms with Gasteiger partial charge >= 0.3 is 0 Å². The van der Waals surface area contributed by atoms with Gasteiger partial charge in [-0.15, -0.1) is 0 Å². The van der Waals surface area contributed by atoms with Crippen LogP contribution in [-0.2, 0) is 11.2 Å². The summed E-state index contributed by atoms with van der Waals surface area (Å²) in [6.45, 7) is 3.78. The molecule has 0 radical (unpaired) electrons. The first-order chi connectivity index (χ1) is 10.2. The van der Waals surface area contributed by atoms with Crippen LogP contribution in [0.4, 0.5) is 0 Å². The average Bonchev–Trinajstić information content (AvgIpc) is 2.51. The molecule has 0 saturated carbocycles. The molecule has 0 amide bonds. The predicted octanol–water partition coefficient (Wildman–Crippen LogP) is 3.73. The normalized spacial score (nSPS) is 12.3. The van der Waals surface area contributed by atoms with Gasteiger partial charge < -0.3 is 10.1 Å². The molecule has 2 rings (SSSR count). The van der Waals surface area contributed by atoms with Crippen LogP contribution in [0, 0.1) is 0 Å². The highest BCUT2D eigenvalue weighted by Gasteiger charge is 2.13. The number of nitrogens with one attached hydrogen (secondary N) is 1. The number of pyridine rings is 1. The minimum atomic E-state index is 0.163. The van der Waals surface area contributed by atoms with Crippen molar-refractivity contribution in [3.05, 3.63) is 63.9 Å². The lowest BCUT2D eigenvalue weighted by atomic mass is 9.98. The summed E-state index contributed by atoms with van der Waals surface area (Å²) in [5.74, 6) is 0. The van der Waals surface area contributed by atoms with E-state index in [1.165, 1.54) is 11.1 Å². The van der Waals surface area contributed by atoms with E-state index < -0.39 is 0 Å². The third-order valence-electron chi connectivity index (χ3n) is 3.38. The van der Waals surface area contributed by atoms with E-state index >= 15 is 0 Å². The van der Waals surface area contributed by atoms with Gasteiger partial charge in [-0.3, -0.25) is 4.98 Å². The van der Waals surface area contributed by atoms with Crippen molar-refractivity contribution in [2.45, 2.75) is 19.4 Å². The number of halogens is 1. The monoisotopic (exact) mass is 348 g/mol. The smallest absolute Gasteiger partial charge is 0.0592 e. The number of nitrogens with zero attached hydrogens (tertiary/aromatic N) is 1. The molecule has 21 heavy (non-hydrogen) atoms. The molecule has 1 atom stereocenters. The largest absolute Gasteiger partial charge is 0.384 e. The molecule has 0 aliphatic carbocycles. The standard InChI is InChI=1S/C17H21BrN2O/c1-3-20-17(15-10-16(18)12-19-11-15)14-6-4-13(5-7-14)8-9-21-2/h4-7,10-12,17,20H,3,8-9H2,1-2H3. The Hall–Kier alpha value is -1.23. The van der Waals surface area contributed by atoms with Gasteiger partial charge in [0.2, 0.25) is 0 Å². The number of aromatic nitrogens is 1. The molecule has 0 aliphatic rings. The summed E-state index contributed by atoms with van der Waals surface area (Å²) in [6, 6.07) is 11.0. The van der Waals surface area contributed by atoms with E-state index in [1.807, 2.05) is 6.20 Å². The summed E-state index contributed by atoms with van der Waals surface area (Å²) in [5.41, 5.74) is 3.71. The van der Waals surface area contributed by atoms with Crippen LogP contribution in [0.3, 0.4) is 0 Å². The van der Waals surface area contributed by atoms with Crippen molar-refractivity contribution >= 4 is 15.9 Å². The van der Waals surface area contributed by atoms with Gasteiger partial charge in [0, 0.05) is 24.0 Å². The van der Waals surface area contributed by atoms with Gasteiger partial charge in [-0.05, 0) is 51.7 Å². The van der Waals surface area contributed by atoms with Crippen molar-refractivity contribution in [3.8, 4) is 0 Å². The third kappa shape index (κ3) is 4.63. The van der Waals surface area contributed by atoms with E-state index in [1.54, 1.807) is 13.3 Å². The van der Waals surface area contributed by atoms with E-state index in [4.69, 9.17) is 4.74 Å². The minimum Gasteiger partial charge on any atom is -0.384 e. The zero-order valence-corrected chi connectivity index (χ0v) is 14.1. The molecule has 112 valence electrons. The maximum absolute atomic E-state index is 5.12. The first-order valence-electron chi connectivity index (χ1n) is 7.16. The number of rotatable bonds is 7. The molecule has 0 aliphatic heterocycles. The lowest BCUT2D eigenvalue weighted by Gasteiger charge is -2.19. The minimum absolute atomic E-state index is 0.163. The highest BCUT2D eigenvalue weighted by atomic mass is 79.9. The number of hydrogen-bond acceptors (Lipinski definition) is 3. The van der Waals surface area contributed by atoms with Gasteiger partial charge in [0.05, 0.1) is 12.6 Å². The van der Waals surface area contributed by atoms with Crippen LogP contribution in [-0.4, -0.2) is 25.2 Å². The van der Waals surface area contributed by atoms with Crippen LogP contribution in [0.15, 0.2) is 47.2 Å². The van der Waals surface area contributed by atoms with E-state index in [2.05, 4.69) is 63.5 Å². The molecule has 1 unspecified atom stereocenters. The molecule has 0 saturated heterocycles. The Morgan fingerprint density at radius 2 is 1.95 bits per heavy atom. The van der Waals surface area contributed by atoms with Crippen LogP contribution in [0.1, 0.15) is 29.7 Å². The second-order valence-corrected chi connectivity index (χ2v) is 5.83. The summed E-state index contributed by atoms with van der Waals surface area (Å²) in [6.07, 6.45) is 4.67. The summed E-state index contributed by atoms with van der Waals surface area (Å²) in [4.78, 5) is 4.27. The Morgan fingerprint density at radius 3 is 2.57 bits per heavy atom. The summed E-state index contributed by atoms with van der Waals surface area (Å²) >= 11 is 3.49. The molecule has 1 heterocycles. The van der Waals surface area contributed by atoms with Gasteiger partial charge in [-0.2, -0.15) is 0 Å². The molecular weight excluding hydrogens is 328 g/mol. The van der Waals surface area contributed by atoms with Crippen LogP contribution < -0.4 is 5.32 Å². The van der Waals surface area contributed by atoms with E-state index in [-0.39, 0.29) is 6.04 Å². The molecule has 2 aromatic rings. The molecule has 1 aromatic carbocycles. The number of benzene rings is 1. The summed E-state index contributed by atoms with van der Waals surface area (Å²) in [5, 5.41) is 3.52. The van der Waals surface area contributed by atoms with Gasteiger partial charge in [-0.25, -0.2) is 0 Å². The lowest BCUT2D eigenvalue weighted by molar-refractivity contribution is 0.202. The van der Waals surface area contributed by atoms with Crippen molar-refractivity contribution in [3.63, 3.8) is 0 Å². The first kappa shape index (κ1) is 16.1. The fraction of sp³-hybridized carbons (Fsp3) is 0.353. The fourth-order valence-corrected chi connectivity index (χ4v) is 2.70. The van der Waals surface area contributed by atoms with Gasteiger partial charge in [0.25, 0.3) is 0 Å². The predicted molar refractivity (Wildman–Crippen MR) is 89.5 cm³/mol. The van der Waals surface area contributed by atoms with Gasteiger partial charge in [0.15, 0.2) is 0 Å². The zero-order chi connectivity index (χ0) is 15.1. The van der Waals surface area contributed by atoms with Crippen LogP contribution in [0.5, 0.6) is 0 Å². The molecule has 0 spiro atoms. The Kier molecular flexibility index (Phi) is 6.36. The molecular formula is C17H21BrN2O. The highest BCUT2D eigenvalue weighted by Crippen LogP contribution is 2.24. The molecule has 0 bridgehead atoms. The van der Waals surface area contributed by atoms with Crippen molar-refractivity contribution in [2.75, 3.05) is 20.3 Å². The Morgan fingerprint density at radius 1 is 1.19 bits per heavy atom.